The molecule has 1 N–H and O–H groups in total. The summed E-state index contributed by atoms with van der Waals surface area (Å²) in [5.41, 5.74) is 4.09. The highest BCUT2D eigenvalue weighted by Gasteiger charge is 2.26. The third-order valence-electron chi connectivity index (χ3n) is 4.46. The van der Waals surface area contributed by atoms with E-state index < -0.39 is 0 Å². The fraction of sp³-hybridized carbons (Fsp3) is 0.250. The molecule has 6 nitrogen and oxygen atoms in total. The van der Waals surface area contributed by atoms with E-state index in [0.29, 0.717) is 12.2 Å². The number of carbonyl (C=O) groups is 1. The third-order valence-corrected chi connectivity index (χ3v) is 4.46. The molecule has 0 radical (unpaired) electrons. The van der Waals surface area contributed by atoms with E-state index in [2.05, 4.69) is 15.5 Å². The van der Waals surface area contributed by atoms with Gasteiger partial charge in [0.25, 0.3) is 5.91 Å². The van der Waals surface area contributed by atoms with Crippen molar-refractivity contribution in [3.8, 4) is 17.0 Å². The summed E-state index contributed by atoms with van der Waals surface area (Å²) < 4.78 is 11.0. The van der Waals surface area contributed by atoms with E-state index in [1.54, 1.807) is 18.3 Å². The van der Waals surface area contributed by atoms with E-state index >= 15 is 0 Å². The molecule has 2 aromatic heterocycles. The quantitative estimate of drug-likeness (QED) is 0.780. The summed E-state index contributed by atoms with van der Waals surface area (Å²) in [5, 5.41) is 7.12. The molecular weight excluding hydrogens is 330 g/mol. The highest BCUT2D eigenvalue weighted by molar-refractivity contribution is 5.94. The van der Waals surface area contributed by atoms with E-state index in [0.717, 1.165) is 40.4 Å². The molecule has 26 heavy (non-hydrogen) atoms. The molecule has 1 aliphatic rings. The van der Waals surface area contributed by atoms with Crippen LogP contribution in [0.25, 0.3) is 11.3 Å². The lowest BCUT2D eigenvalue weighted by molar-refractivity contribution is 0.0930. The molecule has 1 unspecified atom stereocenters. The van der Waals surface area contributed by atoms with Crippen molar-refractivity contribution in [2.75, 3.05) is 6.61 Å². The van der Waals surface area contributed by atoms with Crippen molar-refractivity contribution in [1.82, 2.24) is 15.5 Å². The lowest BCUT2D eigenvalue weighted by Crippen LogP contribution is -2.29. The maximum absolute atomic E-state index is 12.5. The maximum Gasteiger partial charge on any atom is 0.252 e. The summed E-state index contributed by atoms with van der Waals surface area (Å²) >= 11 is 0. The molecule has 1 aliphatic heterocycles. The second kappa shape index (κ2) is 6.63. The van der Waals surface area contributed by atoms with Crippen molar-refractivity contribution in [2.24, 2.45) is 0 Å². The van der Waals surface area contributed by atoms with Crippen molar-refractivity contribution in [3.05, 3.63) is 65.2 Å². The van der Waals surface area contributed by atoms with E-state index in [9.17, 15) is 4.79 Å². The van der Waals surface area contributed by atoms with Crippen molar-refractivity contribution in [3.63, 3.8) is 0 Å². The minimum atomic E-state index is -0.177. The molecule has 1 amide bonds. The van der Waals surface area contributed by atoms with E-state index in [1.165, 1.54) is 0 Å². The van der Waals surface area contributed by atoms with Gasteiger partial charge < -0.3 is 14.6 Å². The Morgan fingerprint density at radius 1 is 1.27 bits per heavy atom. The molecule has 0 aliphatic carbocycles. The van der Waals surface area contributed by atoms with Crippen LogP contribution in [-0.2, 0) is 6.42 Å². The molecule has 3 heterocycles. The van der Waals surface area contributed by atoms with Gasteiger partial charge in [-0.3, -0.25) is 9.78 Å². The summed E-state index contributed by atoms with van der Waals surface area (Å²) in [6.07, 6.45) is 2.44. The Balaban J connectivity index is 1.53. The number of hydrogen-bond acceptors (Lipinski definition) is 5. The number of nitrogens with one attached hydrogen (secondary N) is 1. The van der Waals surface area contributed by atoms with Gasteiger partial charge in [-0.2, -0.15) is 0 Å². The van der Waals surface area contributed by atoms with Gasteiger partial charge in [-0.15, -0.1) is 0 Å². The number of benzene rings is 1. The number of pyridine rings is 1. The zero-order valence-corrected chi connectivity index (χ0v) is 14.7. The van der Waals surface area contributed by atoms with Gasteiger partial charge in [-0.05, 0) is 25.1 Å². The summed E-state index contributed by atoms with van der Waals surface area (Å²) in [4.78, 5) is 16.6. The van der Waals surface area contributed by atoms with Crippen LogP contribution in [0.3, 0.4) is 0 Å². The number of carbonyl (C=O) groups excluding carboxylic acids is 1. The van der Waals surface area contributed by atoms with Gasteiger partial charge in [-0.25, -0.2) is 0 Å². The first-order valence-electron chi connectivity index (χ1n) is 8.60. The van der Waals surface area contributed by atoms with Gasteiger partial charge in [0, 0.05) is 41.1 Å². The molecule has 0 spiro atoms. The number of fused-ring (bicyclic) bond motifs is 1. The summed E-state index contributed by atoms with van der Waals surface area (Å²) in [6.45, 7) is 4.29. The number of nitrogens with zero attached hydrogens (tertiary/aromatic N) is 2. The van der Waals surface area contributed by atoms with Crippen LogP contribution in [-0.4, -0.2) is 22.7 Å². The number of aromatic nitrogens is 2. The minimum absolute atomic E-state index is 0.134. The number of rotatable bonds is 4. The van der Waals surface area contributed by atoms with Crippen LogP contribution in [0.5, 0.6) is 5.75 Å². The second-order valence-electron chi connectivity index (χ2n) is 6.31. The third kappa shape index (κ3) is 3.06. The van der Waals surface area contributed by atoms with Crippen molar-refractivity contribution >= 4 is 5.91 Å². The number of amides is 1. The lowest BCUT2D eigenvalue weighted by atomic mass is 10.0. The van der Waals surface area contributed by atoms with Crippen LogP contribution in [0.4, 0.5) is 0 Å². The highest BCUT2D eigenvalue weighted by Crippen LogP contribution is 2.36. The van der Waals surface area contributed by atoms with Crippen LogP contribution < -0.4 is 10.1 Å². The first-order chi connectivity index (χ1) is 12.6. The zero-order valence-electron chi connectivity index (χ0n) is 14.7. The SMILES string of the molecule is CCc1cc(-c2ccc3c(c2)OCC3NC(=O)c2ccnc(C)c2)no1. The molecule has 6 heteroatoms. The fourth-order valence-corrected chi connectivity index (χ4v) is 3.03. The molecule has 0 saturated heterocycles. The van der Waals surface area contributed by atoms with Crippen LogP contribution in [0.1, 0.15) is 40.3 Å². The number of hydrogen-bond donors (Lipinski definition) is 1. The highest BCUT2D eigenvalue weighted by atomic mass is 16.5. The Morgan fingerprint density at radius 2 is 2.15 bits per heavy atom. The summed E-state index contributed by atoms with van der Waals surface area (Å²) in [6, 6.07) is 11.1. The average Bonchev–Trinajstić information content (AvgIpc) is 3.28. The van der Waals surface area contributed by atoms with Gasteiger partial charge in [0.1, 0.15) is 23.8 Å². The van der Waals surface area contributed by atoms with Crippen LogP contribution in [0.15, 0.2) is 47.1 Å². The number of aryl methyl sites for hydroxylation is 2. The Hall–Kier alpha value is -3.15. The predicted molar refractivity (Wildman–Crippen MR) is 96.0 cm³/mol. The van der Waals surface area contributed by atoms with E-state index in [4.69, 9.17) is 9.26 Å². The molecule has 1 atom stereocenters. The molecule has 0 bridgehead atoms. The molecule has 132 valence electrons. The molecule has 0 fully saturated rings. The molecule has 3 aromatic rings. The summed E-state index contributed by atoms with van der Waals surface area (Å²) in [5.74, 6) is 1.48. The Morgan fingerprint density at radius 3 is 2.92 bits per heavy atom. The van der Waals surface area contributed by atoms with Crippen molar-refractivity contribution in [1.29, 1.82) is 0 Å². The monoisotopic (exact) mass is 349 g/mol. The Kier molecular flexibility index (Phi) is 4.16. The molecule has 0 saturated carbocycles. The van der Waals surface area contributed by atoms with Gasteiger partial charge in [0.2, 0.25) is 0 Å². The Labute approximate surface area is 151 Å². The Bertz CT molecular complexity index is 964. The zero-order chi connectivity index (χ0) is 18.1. The fourth-order valence-electron chi connectivity index (χ4n) is 3.03. The molecule has 4 rings (SSSR count). The van der Waals surface area contributed by atoms with Gasteiger partial charge in [0.15, 0.2) is 0 Å². The van der Waals surface area contributed by atoms with Crippen LogP contribution >= 0.6 is 0 Å². The molecule has 1 aromatic carbocycles. The van der Waals surface area contributed by atoms with Crippen molar-refractivity contribution in [2.45, 2.75) is 26.3 Å². The van der Waals surface area contributed by atoms with E-state index in [-0.39, 0.29) is 11.9 Å². The predicted octanol–water partition coefficient (Wildman–Crippen LogP) is 3.47. The smallest absolute Gasteiger partial charge is 0.252 e. The summed E-state index contributed by atoms with van der Waals surface area (Å²) in [7, 11) is 0. The normalized spacial score (nSPS) is 15.4. The lowest BCUT2D eigenvalue weighted by Gasteiger charge is -2.12. The van der Waals surface area contributed by atoms with Crippen LogP contribution in [0.2, 0.25) is 0 Å². The second-order valence-corrected chi connectivity index (χ2v) is 6.31. The topological polar surface area (TPSA) is 77.2 Å². The first-order valence-corrected chi connectivity index (χ1v) is 8.60. The average molecular weight is 349 g/mol. The standard InChI is InChI=1S/C20H19N3O3/c1-3-15-10-17(23-26-15)13-4-5-16-18(11-25-19(16)9-13)22-20(24)14-6-7-21-12(2)8-14/h4-10,18H,3,11H2,1-2H3,(H,22,24). The van der Waals surface area contributed by atoms with Gasteiger partial charge >= 0.3 is 0 Å². The minimum Gasteiger partial charge on any atom is -0.491 e. The maximum atomic E-state index is 12.5. The van der Waals surface area contributed by atoms with Crippen molar-refractivity contribution < 1.29 is 14.1 Å². The number of ether oxygens (including phenoxy) is 1. The largest absolute Gasteiger partial charge is 0.491 e. The van der Waals surface area contributed by atoms with Gasteiger partial charge in [-0.1, -0.05) is 24.2 Å². The first kappa shape index (κ1) is 16.3. The van der Waals surface area contributed by atoms with Crippen LogP contribution in [0, 0.1) is 6.92 Å². The van der Waals surface area contributed by atoms with Gasteiger partial charge in [0.05, 0.1) is 6.04 Å². The van der Waals surface area contributed by atoms with E-state index in [1.807, 2.05) is 38.1 Å². The molecular formula is C20H19N3O3.